The van der Waals surface area contributed by atoms with Crippen molar-refractivity contribution in [2.45, 2.75) is 30.0 Å². The van der Waals surface area contributed by atoms with Gasteiger partial charge >= 0.3 is 6.09 Å². The van der Waals surface area contributed by atoms with Gasteiger partial charge in [-0.1, -0.05) is 6.07 Å². The minimum Gasteiger partial charge on any atom is -0.465 e. The molecule has 3 rings (SSSR count). The Morgan fingerprint density at radius 3 is 2.88 bits per heavy atom. The summed E-state index contributed by atoms with van der Waals surface area (Å²) in [6, 6.07) is 2.70. The lowest BCUT2D eigenvalue weighted by molar-refractivity contribution is -0.384. The normalized spacial score (nSPS) is 27.1. The number of aliphatic hydroxyl groups is 1. The number of nitro benzene ring substituents is 1. The van der Waals surface area contributed by atoms with Gasteiger partial charge in [0.15, 0.2) is 0 Å². The van der Waals surface area contributed by atoms with Gasteiger partial charge < -0.3 is 20.4 Å². The summed E-state index contributed by atoms with van der Waals surface area (Å²) >= 11 is 0. The van der Waals surface area contributed by atoms with Crippen LogP contribution >= 0.6 is 10.9 Å². The number of nitro groups is 1. The molecule has 0 aromatic heterocycles. The predicted octanol–water partition coefficient (Wildman–Crippen LogP) is 1.45. The van der Waals surface area contributed by atoms with Crippen molar-refractivity contribution < 1.29 is 19.9 Å². The van der Waals surface area contributed by atoms with Gasteiger partial charge in [0.05, 0.1) is 23.6 Å². The number of thiol groups is 1. The summed E-state index contributed by atoms with van der Waals surface area (Å²) in [5.74, 6) is 1.78. The highest BCUT2D eigenvalue weighted by atomic mass is 32.2. The molecule has 1 saturated heterocycles. The molecule has 2 aliphatic rings. The number of hydrogen-bond acceptors (Lipinski definition) is 5. The first kappa shape index (κ1) is 16.8. The van der Waals surface area contributed by atoms with E-state index in [0.717, 1.165) is 22.6 Å². The van der Waals surface area contributed by atoms with Gasteiger partial charge in [0, 0.05) is 24.1 Å². The molecule has 0 bridgehead atoms. The molecule has 2 aliphatic heterocycles. The van der Waals surface area contributed by atoms with Gasteiger partial charge in [-0.3, -0.25) is 10.1 Å². The van der Waals surface area contributed by atoms with Crippen molar-refractivity contribution in [2.75, 3.05) is 24.3 Å². The zero-order chi connectivity index (χ0) is 17.4. The summed E-state index contributed by atoms with van der Waals surface area (Å²) in [6.07, 6.45) is 1.49. The highest BCUT2D eigenvalue weighted by Gasteiger charge is 2.38. The molecule has 1 unspecified atom stereocenters. The van der Waals surface area contributed by atoms with Gasteiger partial charge in [-0.25, -0.2) is 15.7 Å². The molecule has 24 heavy (non-hydrogen) atoms. The quantitative estimate of drug-likeness (QED) is 0.369. The first-order valence-electron chi connectivity index (χ1n) is 7.75. The van der Waals surface area contributed by atoms with Crippen molar-refractivity contribution in [3.05, 3.63) is 33.4 Å². The SMILES string of the molecule is C[SH]1Cc2ccc([N+](=O)[O-])c(N3C[C@H](NC(=O)O)C[C@H]3CO)c2C1. The number of amides is 1. The third kappa shape index (κ3) is 3.01. The molecule has 132 valence electrons. The number of aliphatic hydroxyl groups excluding tert-OH is 1. The summed E-state index contributed by atoms with van der Waals surface area (Å²) in [5.41, 5.74) is 2.73. The van der Waals surface area contributed by atoms with Crippen LogP contribution < -0.4 is 10.2 Å². The van der Waals surface area contributed by atoms with Gasteiger partial charge in [-0.15, -0.1) is 0 Å². The molecule has 0 saturated carbocycles. The van der Waals surface area contributed by atoms with E-state index in [0.29, 0.717) is 18.7 Å². The topological polar surface area (TPSA) is 116 Å². The van der Waals surface area contributed by atoms with Gasteiger partial charge in [-0.05, 0) is 23.8 Å². The summed E-state index contributed by atoms with van der Waals surface area (Å²) in [4.78, 5) is 23.9. The molecule has 1 amide bonds. The van der Waals surface area contributed by atoms with Gasteiger partial charge in [0.2, 0.25) is 0 Å². The van der Waals surface area contributed by atoms with E-state index in [2.05, 4.69) is 11.6 Å². The van der Waals surface area contributed by atoms with E-state index < -0.39 is 11.0 Å². The second-order valence-corrected chi connectivity index (χ2v) is 8.72. The molecule has 2 heterocycles. The highest BCUT2D eigenvalue weighted by molar-refractivity contribution is 8.15. The summed E-state index contributed by atoms with van der Waals surface area (Å²) < 4.78 is 0. The van der Waals surface area contributed by atoms with E-state index in [9.17, 15) is 20.0 Å². The number of carboxylic acid groups (broad SMARTS) is 1. The van der Waals surface area contributed by atoms with E-state index in [1.54, 1.807) is 0 Å². The Labute approximate surface area is 142 Å². The van der Waals surface area contributed by atoms with E-state index in [4.69, 9.17) is 5.11 Å². The Bertz CT molecular complexity index is 683. The molecule has 3 N–H and O–H groups in total. The Balaban J connectivity index is 2.02. The first-order chi connectivity index (χ1) is 11.4. The molecule has 0 radical (unpaired) electrons. The summed E-state index contributed by atoms with van der Waals surface area (Å²) in [7, 11) is -0.219. The largest absolute Gasteiger partial charge is 0.465 e. The molecule has 1 fully saturated rings. The molecular formula is C15H21N3O5S. The monoisotopic (exact) mass is 355 g/mol. The minimum absolute atomic E-state index is 0.0356. The third-order valence-electron chi connectivity index (χ3n) is 4.66. The number of rotatable bonds is 4. The lowest BCUT2D eigenvalue weighted by Crippen LogP contribution is -2.37. The van der Waals surface area contributed by atoms with Crippen LogP contribution in [-0.2, 0) is 11.5 Å². The van der Waals surface area contributed by atoms with E-state index in [1.807, 2.05) is 11.0 Å². The zero-order valence-corrected chi connectivity index (χ0v) is 14.2. The average molecular weight is 355 g/mol. The molecule has 1 aromatic rings. The fourth-order valence-corrected chi connectivity index (χ4v) is 5.60. The van der Waals surface area contributed by atoms with Gasteiger partial charge in [0.25, 0.3) is 5.69 Å². The van der Waals surface area contributed by atoms with Crippen LogP contribution in [0.2, 0.25) is 0 Å². The molecule has 8 nitrogen and oxygen atoms in total. The molecule has 0 aliphatic carbocycles. The maximum absolute atomic E-state index is 11.5. The van der Waals surface area contributed by atoms with Crippen LogP contribution in [0.15, 0.2) is 12.1 Å². The van der Waals surface area contributed by atoms with Crippen molar-refractivity contribution in [1.29, 1.82) is 0 Å². The summed E-state index contributed by atoms with van der Waals surface area (Å²) in [5, 5.41) is 32.6. The van der Waals surface area contributed by atoms with Gasteiger partial charge in [0.1, 0.15) is 5.69 Å². The highest BCUT2D eigenvalue weighted by Crippen LogP contribution is 2.48. The van der Waals surface area contributed by atoms with Crippen LogP contribution in [0.1, 0.15) is 17.5 Å². The maximum atomic E-state index is 11.5. The Hall–Kier alpha value is -2.00. The Kier molecular flexibility index (Phi) is 4.55. The fourth-order valence-electron chi connectivity index (χ4n) is 3.72. The molecule has 9 heteroatoms. The minimum atomic E-state index is -1.12. The van der Waals surface area contributed by atoms with Crippen LogP contribution in [0.5, 0.6) is 0 Å². The van der Waals surface area contributed by atoms with Crippen molar-refractivity contribution in [2.24, 2.45) is 0 Å². The number of fused-ring (bicyclic) bond motifs is 1. The van der Waals surface area contributed by atoms with E-state index in [1.165, 1.54) is 6.07 Å². The molecule has 1 aromatic carbocycles. The second-order valence-electron chi connectivity index (χ2n) is 6.37. The Morgan fingerprint density at radius 2 is 2.25 bits per heavy atom. The first-order valence-corrected chi connectivity index (χ1v) is 9.91. The van der Waals surface area contributed by atoms with Crippen LogP contribution in [0, 0.1) is 10.1 Å². The molecular weight excluding hydrogens is 334 g/mol. The van der Waals surface area contributed by atoms with Crippen molar-refractivity contribution in [1.82, 2.24) is 5.32 Å². The van der Waals surface area contributed by atoms with Gasteiger partial charge in [-0.2, -0.15) is 0 Å². The number of anilines is 1. The van der Waals surface area contributed by atoms with E-state index >= 15 is 0 Å². The lowest BCUT2D eigenvalue weighted by atomic mass is 10.0. The third-order valence-corrected chi connectivity index (χ3v) is 6.40. The van der Waals surface area contributed by atoms with Crippen molar-refractivity contribution in [3.63, 3.8) is 0 Å². The van der Waals surface area contributed by atoms with Crippen molar-refractivity contribution >= 4 is 28.4 Å². The van der Waals surface area contributed by atoms with Crippen LogP contribution in [0.25, 0.3) is 0 Å². The van der Waals surface area contributed by atoms with Crippen molar-refractivity contribution in [3.8, 4) is 0 Å². The average Bonchev–Trinajstić information content (AvgIpc) is 3.07. The van der Waals surface area contributed by atoms with Crippen LogP contribution in [0.3, 0.4) is 0 Å². The smallest absolute Gasteiger partial charge is 0.404 e. The molecule has 3 atom stereocenters. The second kappa shape index (κ2) is 6.48. The number of nitrogens with one attached hydrogen (secondary N) is 1. The van der Waals surface area contributed by atoms with Crippen LogP contribution in [0.4, 0.5) is 16.2 Å². The number of hydrogen-bond donors (Lipinski definition) is 4. The number of carbonyl (C=O) groups is 1. The Morgan fingerprint density at radius 1 is 1.50 bits per heavy atom. The summed E-state index contributed by atoms with van der Waals surface area (Å²) in [6.45, 7) is 0.163. The predicted molar refractivity (Wildman–Crippen MR) is 93.2 cm³/mol. The van der Waals surface area contributed by atoms with Crippen LogP contribution in [-0.4, -0.2) is 52.7 Å². The van der Waals surface area contributed by atoms with E-state index in [-0.39, 0.29) is 35.3 Å². The number of nitrogens with zero attached hydrogens (tertiary/aromatic N) is 2. The fraction of sp³-hybridized carbons (Fsp3) is 0.533. The lowest BCUT2D eigenvalue weighted by Gasteiger charge is -2.27. The maximum Gasteiger partial charge on any atom is 0.404 e. The molecule has 0 spiro atoms. The number of benzene rings is 1. The zero-order valence-electron chi connectivity index (χ0n) is 13.3. The standard InChI is InChI=1S/C15H21N3O5S/c1-24-7-9-2-3-13(18(22)23)14(12(9)8-24)17-5-10(16-15(20)21)4-11(17)6-19/h2-3,10-11,16,19,24H,4-8H2,1H3,(H,20,21)/t10-,11+/m1/s1.